The number of pyridine rings is 1. The third kappa shape index (κ3) is 11.2. The smallest absolute Gasteiger partial charge is 0.407 e. The van der Waals surface area contributed by atoms with Gasteiger partial charge in [0.2, 0.25) is 5.89 Å². The molecule has 0 saturated carbocycles. The first kappa shape index (κ1) is 44.1. The molecule has 0 spiro atoms. The molecule has 0 bridgehead atoms. The average Bonchev–Trinajstić information content (AvgIpc) is 3.56. The van der Waals surface area contributed by atoms with Crippen LogP contribution in [0.1, 0.15) is 80.3 Å². The molecule has 1 amide bonds. The van der Waals surface area contributed by atoms with E-state index in [0.717, 1.165) is 36.3 Å². The quantitative estimate of drug-likeness (QED) is 0.191. The van der Waals surface area contributed by atoms with E-state index in [1.807, 2.05) is 57.2 Å². The lowest BCUT2D eigenvalue weighted by Crippen LogP contribution is -2.51. The molecule has 0 radical (unpaired) electrons. The largest absolute Gasteiger partial charge is 0.495 e. The van der Waals surface area contributed by atoms with Crippen molar-refractivity contribution in [3.05, 3.63) is 77.6 Å². The van der Waals surface area contributed by atoms with Gasteiger partial charge in [-0.1, -0.05) is 45.0 Å². The first-order chi connectivity index (χ1) is 24.4. The van der Waals surface area contributed by atoms with Gasteiger partial charge in [-0.25, -0.2) is 18.0 Å². The molecule has 1 aliphatic rings. The molecule has 0 saturated heterocycles. The van der Waals surface area contributed by atoms with E-state index < -0.39 is 52.9 Å². The number of benzene rings is 2. The fourth-order valence-electron chi connectivity index (χ4n) is 5.39. The molecule has 1 unspecified atom stereocenters. The third-order valence-corrected chi connectivity index (χ3v) is 7.91. The second kappa shape index (κ2) is 18.1. The Morgan fingerprint density at radius 2 is 1.72 bits per heavy atom. The molecular formula is C38H52F3N5O7. The summed E-state index contributed by atoms with van der Waals surface area (Å²) in [5.41, 5.74) is 0.525. The van der Waals surface area contributed by atoms with Crippen LogP contribution in [0.2, 0.25) is 0 Å². The Labute approximate surface area is 309 Å². The Morgan fingerprint density at radius 3 is 2.23 bits per heavy atom. The van der Waals surface area contributed by atoms with E-state index in [9.17, 15) is 4.79 Å². The molecule has 3 heterocycles. The van der Waals surface area contributed by atoms with Crippen LogP contribution in [0.25, 0.3) is 22.7 Å². The van der Waals surface area contributed by atoms with Gasteiger partial charge in [0, 0.05) is 49.8 Å². The van der Waals surface area contributed by atoms with E-state index in [1.165, 1.54) is 13.0 Å². The lowest BCUT2D eigenvalue weighted by Gasteiger charge is -2.35. The molecule has 1 aliphatic heterocycles. The van der Waals surface area contributed by atoms with Gasteiger partial charge in [-0.2, -0.15) is 0 Å². The molecule has 2 aromatic heterocycles. The first-order valence-electron chi connectivity index (χ1n) is 16.6. The van der Waals surface area contributed by atoms with Crippen molar-refractivity contribution in [2.24, 2.45) is 0 Å². The van der Waals surface area contributed by atoms with Crippen LogP contribution < -0.4 is 15.0 Å². The molecule has 4 N–H and O–H groups in total. The van der Waals surface area contributed by atoms with E-state index in [1.54, 1.807) is 45.9 Å². The summed E-state index contributed by atoms with van der Waals surface area (Å²) in [6.07, 6.45) is 0.786. The number of carbonyl (C=O) groups excluding carboxylic acids is 2. The summed E-state index contributed by atoms with van der Waals surface area (Å²) < 4.78 is 64.3. The number of nitrogens with one attached hydrogen (secondary N) is 1. The highest BCUT2D eigenvalue weighted by Crippen LogP contribution is 2.46. The lowest BCUT2D eigenvalue weighted by molar-refractivity contribution is -0.106. The van der Waals surface area contributed by atoms with Gasteiger partial charge in [0.05, 0.1) is 30.6 Å². The second-order valence-corrected chi connectivity index (χ2v) is 14.1. The van der Waals surface area contributed by atoms with E-state index >= 15 is 13.2 Å². The van der Waals surface area contributed by atoms with Gasteiger partial charge in [-0.15, -0.1) is 10.2 Å². The molecule has 0 fully saturated rings. The number of methoxy groups -OCH3 is 1. The topological polar surface area (TPSA) is 171 Å². The molecular weight excluding hydrogens is 695 g/mol. The zero-order chi connectivity index (χ0) is 39.0. The van der Waals surface area contributed by atoms with Crippen molar-refractivity contribution in [2.75, 3.05) is 19.1 Å². The van der Waals surface area contributed by atoms with Crippen molar-refractivity contribution < 1.29 is 48.7 Å². The number of hydrogen-bond donors (Lipinski definition) is 2. The third-order valence-electron chi connectivity index (χ3n) is 7.91. The Balaban J connectivity index is 0.00000198. The highest BCUT2D eigenvalue weighted by Gasteiger charge is 2.46. The van der Waals surface area contributed by atoms with Crippen LogP contribution in [0.5, 0.6) is 5.75 Å². The number of amides is 1. The molecule has 5 rings (SSSR count). The zero-order valence-corrected chi connectivity index (χ0v) is 31.8. The molecule has 15 heteroatoms. The van der Waals surface area contributed by atoms with Gasteiger partial charge in [-0.3, -0.25) is 4.98 Å². The molecule has 0 aliphatic carbocycles. The van der Waals surface area contributed by atoms with Gasteiger partial charge in [0.1, 0.15) is 23.5 Å². The lowest BCUT2D eigenvalue weighted by atomic mass is 9.97. The fourth-order valence-corrected chi connectivity index (χ4v) is 5.39. The number of nitrogens with zero attached hydrogens (tertiary/aromatic N) is 4. The number of alkyl carbamates (subject to hydrolysis) is 1. The summed E-state index contributed by atoms with van der Waals surface area (Å²) in [6, 6.07) is 11.6. The Bertz CT molecular complexity index is 1800. The summed E-state index contributed by atoms with van der Waals surface area (Å²) in [7, 11) is 2.57. The van der Waals surface area contributed by atoms with Crippen LogP contribution in [-0.2, 0) is 27.4 Å². The maximum atomic E-state index is 16.1. The van der Waals surface area contributed by atoms with Gasteiger partial charge < -0.3 is 39.5 Å². The number of aliphatic hydroxyl groups is 1. The number of fused-ring (bicyclic) bond motifs is 1. The highest BCUT2D eigenvalue weighted by atomic mass is 19.3. The number of ether oxygens (including phenoxy) is 2. The van der Waals surface area contributed by atoms with Crippen LogP contribution in [-0.4, -0.2) is 70.0 Å². The normalized spacial score (nSPS) is 16.2. The van der Waals surface area contributed by atoms with Crippen molar-refractivity contribution in [1.29, 1.82) is 0 Å². The molecule has 2 aromatic carbocycles. The number of alkyl halides is 2. The molecule has 2 atom stereocenters. The Morgan fingerprint density at radius 1 is 1.09 bits per heavy atom. The van der Waals surface area contributed by atoms with E-state index in [4.69, 9.17) is 23.8 Å². The number of halogens is 3. The van der Waals surface area contributed by atoms with Crippen molar-refractivity contribution >= 4 is 18.1 Å². The van der Waals surface area contributed by atoms with Gasteiger partial charge >= 0.3 is 6.09 Å². The number of aromatic nitrogens is 3. The average molecular weight is 748 g/mol. The fraction of sp³-hybridized carbons (Fsp3) is 0.447. The molecule has 4 aromatic rings. The van der Waals surface area contributed by atoms with E-state index in [-0.39, 0.29) is 36.5 Å². The molecule has 53 heavy (non-hydrogen) atoms. The zero-order valence-electron chi connectivity index (χ0n) is 31.8. The van der Waals surface area contributed by atoms with Crippen molar-refractivity contribution in [3.8, 4) is 28.5 Å². The van der Waals surface area contributed by atoms with E-state index in [2.05, 4.69) is 20.5 Å². The Kier molecular flexibility index (Phi) is 15.1. The summed E-state index contributed by atoms with van der Waals surface area (Å²) in [4.78, 5) is 27.8. The number of rotatable bonds is 6. The standard InChI is InChI=1S/C35H40F3N5O4.C2H4O.CH4O.H2O.H2/c1-20-28(40-32(44)47-34(5,6)7)17-35(37,38)25-16-26(36)24(30-41-42-31(46-30)33(2,3)4)15-29(25)43(20)19-21-9-11-22(12-10-21)27-14-13-23(45-8)18-39-27;1-2-3;1-2;;/h9-16,18,20,28H,17,19H2,1-8H3,(H,40,44);2H,1H3;2H,1H3;1H2;1H/t20?,28-;;;;/m0..../s1. The predicted molar refractivity (Wildman–Crippen MR) is 198 cm³/mol. The van der Waals surface area contributed by atoms with Crippen LogP contribution >= 0.6 is 0 Å². The summed E-state index contributed by atoms with van der Waals surface area (Å²) in [5, 5.41) is 17.8. The minimum atomic E-state index is -3.51. The van der Waals surface area contributed by atoms with Crippen LogP contribution in [0.4, 0.5) is 23.7 Å². The summed E-state index contributed by atoms with van der Waals surface area (Å²) in [5.74, 6) is -3.63. The number of anilines is 1. The molecule has 12 nitrogen and oxygen atoms in total. The summed E-state index contributed by atoms with van der Waals surface area (Å²) >= 11 is 0. The summed E-state index contributed by atoms with van der Waals surface area (Å²) in [6.45, 7) is 14.0. The number of hydrogen-bond acceptors (Lipinski definition) is 10. The van der Waals surface area contributed by atoms with Crippen molar-refractivity contribution in [3.63, 3.8) is 0 Å². The molecule has 292 valence electrons. The maximum absolute atomic E-state index is 16.1. The number of aliphatic hydroxyl groups excluding tert-OH is 1. The van der Waals surface area contributed by atoms with Gasteiger partial charge in [0.25, 0.3) is 11.8 Å². The van der Waals surface area contributed by atoms with Crippen LogP contribution in [0.15, 0.2) is 59.1 Å². The first-order valence-corrected chi connectivity index (χ1v) is 16.6. The van der Waals surface area contributed by atoms with Crippen molar-refractivity contribution in [1.82, 2.24) is 20.5 Å². The SMILES string of the molecule is CC=O.CO.COc1ccc(-c2ccc(CN3c4cc(-c5nnc(C(C)(C)C)o5)c(F)cc4C(F)(F)C[C@H](NC(=O)OC(C)(C)C)C3C)cc2)nc1.O.[HH]. The monoisotopic (exact) mass is 747 g/mol. The number of carbonyl (C=O) groups is 2. The second-order valence-electron chi connectivity index (χ2n) is 14.1. The van der Waals surface area contributed by atoms with Crippen LogP contribution in [0, 0.1) is 5.82 Å². The van der Waals surface area contributed by atoms with Crippen LogP contribution in [0.3, 0.4) is 0 Å². The minimum absolute atomic E-state index is 0. The highest BCUT2D eigenvalue weighted by molar-refractivity contribution is 5.71. The van der Waals surface area contributed by atoms with E-state index in [0.29, 0.717) is 5.75 Å². The number of aldehydes is 1. The Hall–Kier alpha value is -5.02. The van der Waals surface area contributed by atoms with Crippen molar-refractivity contribution in [2.45, 2.75) is 97.4 Å². The minimum Gasteiger partial charge on any atom is -0.495 e. The predicted octanol–water partition coefficient (Wildman–Crippen LogP) is 7.26. The van der Waals surface area contributed by atoms with Gasteiger partial charge in [0.15, 0.2) is 0 Å². The maximum Gasteiger partial charge on any atom is 0.407 e. The van der Waals surface area contributed by atoms with Gasteiger partial charge in [-0.05, 0) is 64.4 Å².